The van der Waals surface area contributed by atoms with Crippen molar-refractivity contribution in [2.45, 2.75) is 38.0 Å². The fraction of sp³-hybridized carbons (Fsp3) is 0.348. The highest BCUT2D eigenvalue weighted by Crippen LogP contribution is 2.14. The van der Waals surface area contributed by atoms with Crippen LogP contribution in [0.25, 0.3) is 0 Å². The van der Waals surface area contributed by atoms with Gasteiger partial charge in [-0.3, -0.25) is 4.79 Å². The molecule has 0 saturated carbocycles. The summed E-state index contributed by atoms with van der Waals surface area (Å²) in [4.78, 5) is 26.4. The molecule has 1 aliphatic heterocycles. The number of hydrogen-bond acceptors (Lipinski definition) is 5. The van der Waals surface area contributed by atoms with E-state index in [2.05, 4.69) is 11.4 Å². The van der Waals surface area contributed by atoms with Gasteiger partial charge in [-0.25, -0.2) is 4.79 Å². The number of ether oxygens (including phenoxy) is 1. The van der Waals surface area contributed by atoms with Crippen molar-refractivity contribution >= 4 is 12.0 Å². The van der Waals surface area contributed by atoms with Crippen LogP contribution in [0.5, 0.6) is 0 Å². The number of nitrogens with two attached hydrogens (primary N) is 1. The van der Waals surface area contributed by atoms with Crippen molar-refractivity contribution in [1.29, 1.82) is 5.26 Å². The second kappa shape index (κ2) is 10.4. The number of nitriles is 1. The fourth-order valence-corrected chi connectivity index (χ4v) is 3.52. The zero-order valence-corrected chi connectivity index (χ0v) is 16.8. The lowest BCUT2D eigenvalue weighted by molar-refractivity contribution is -0.133. The van der Waals surface area contributed by atoms with E-state index < -0.39 is 12.1 Å². The summed E-state index contributed by atoms with van der Waals surface area (Å²) in [5, 5.41) is 11.9. The highest BCUT2D eigenvalue weighted by molar-refractivity contribution is 5.82. The first-order valence-corrected chi connectivity index (χ1v) is 10.1. The van der Waals surface area contributed by atoms with E-state index in [4.69, 9.17) is 15.7 Å². The summed E-state index contributed by atoms with van der Waals surface area (Å²) >= 11 is 0. The van der Waals surface area contributed by atoms with Gasteiger partial charge in [0.2, 0.25) is 5.91 Å². The number of carbonyl (C=O) groups excluding carboxylic acids is 2. The lowest BCUT2D eigenvalue weighted by atomic mass is 10.0. The Morgan fingerprint density at radius 2 is 1.83 bits per heavy atom. The van der Waals surface area contributed by atoms with Gasteiger partial charge in [0.1, 0.15) is 6.61 Å². The third-order valence-electron chi connectivity index (χ3n) is 5.17. The summed E-state index contributed by atoms with van der Waals surface area (Å²) in [7, 11) is 0. The van der Waals surface area contributed by atoms with Gasteiger partial charge in [0.25, 0.3) is 0 Å². The van der Waals surface area contributed by atoms with E-state index in [0.29, 0.717) is 37.9 Å². The Morgan fingerprint density at radius 3 is 2.53 bits per heavy atom. The lowest BCUT2D eigenvalue weighted by Gasteiger charge is -2.33. The van der Waals surface area contributed by atoms with Crippen LogP contribution in [0.15, 0.2) is 54.6 Å². The van der Waals surface area contributed by atoms with Gasteiger partial charge in [-0.05, 0) is 42.5 Å². The summed E-state index contributed by atoms with van der Waals surface area (Å²) in [6.45, 7) is 1.30. The maximum absolute atomic E-state index is 12.7. The summed E-state index contributed by atoms with van der Waals surface area (Å²) < 4.78 is 5.26. The van der Waals surface area contributed by atoms with Crippen molar-refractivity contribution in [2.75, 3.05) is 13.1 Å². The van der Waals surface area contributed by atoms with Crippen LogP contribution in [0.2, 0.25) is 0 Å². The van der Waals surface area contributed by atoms with Crippen molar-refractivity contribution < 1.29 is 14.3 Å². The normalized spacial score (nSPS) is 15.1. The smallest absolute Gasteiger partial charge is 0.407 e. The molecule has 2 aromatic carbocycles. The van der Waals surface area contributed by atoms with E-state index in [1.54, 1.807) is 23.1 Å². The van der Waals surface area contributed by atoms with Gasteiger partial charge in [0.15, 0.2) is 0 Å². The molecule has 0 unspecified atom stereocenters. The van der Waals surface area contributed by atoms with Gasteiger partial charge in [0.05, 0.1) is 17.7 Å². The molecular formula is C23H26N4O3. The second-order valence-electron chi connectivity index (χ2n) is 7.43. The maximum atomic E-state index is 12.7. The van der Waals surface area contributed by atoms with Crippen LogP contribution in [-0.4, -0.2) is 42.1 Å². The topological polar surface area (TPSA) is 108 Å². The molecule has 1 atom stereocenters. The average molecular weight is 406 g/mol. The zero-order valence-electron chi connectivity index (χ0n) is 16.8. The highest BCUT2D eigenvalue weighted by Gasteiger charge is 2.27. The number of benzene rings is 2. The molecule has 1 fully saturated rings. The average Bonchev–Trinajstić information content (AvgIpc) is 2.78. The Hall–Kier alpha value is -3.37. The van der Waals surface area contributed by atoms with Crippen LogP contribution >= 0.6 is 0 Å². The molecule has 2 amide bonds. The molecule has 156 valence electrons. The largest absolute Gasteiger partial charge is 0.445 e. The summed E-state index contributed by atoms with van der Waals surface area (Å²) in [6, 6.07) is 18.0. The number of hydrogen-bond donors (Lipinski definition) is 2. The number of rotatable bonds is 6. The molecule has 0 aromatic heterocycles. The molecule has 0 aliphatic carbocycles. The minimum Gasteiger partial charge on any atom is -0.445 e. The van der Waals surface area contributed by atoms with Crippen LogP contribution in [0.3, 0.4) is 0 Å². The number of nitrogens with one attached hydrogen (secondary N) is 1. The van der Waals surface area contributed by atoms with E-state index in [9.17, 15) is 9.59 Å². The van der Waals surface area contributed by atoms with Crippen molar-refractivity contribution in [3.63, 3.8) is 0 Å². The first kappa shape index (κ1) is 21.3. The van der Waals surface area contributed by atoms with Gasteiger partial charge in [-0.15, -0.1) is 0 Å². The van der Waals surface area contributed by atoms with Gasteiger partial charge >= 0.3 is 6.09 Å². The van der Waals surface area contributed by atoms with Crippen LogP contribution in [0, 0.1) is 11.3 Å². The Bertz CT molecular complexity index is 902. The van der Waals surface area contributed by atoms with E-state index >= 15 is 0 Å². The first-order valence-electron chi connectivity index (χ1n) is 10.1. The van der Waals surface area contributed by atoms with Gasteiger partial charge < -0.3 is 20.7 Å². The van der Waals surface area contributed by atoms with E-state index in [0.717, 1.165) is 11.1 Å². The van der Waals surface area contributed by atoms with Crippen LogP contribution in [-0.2, 0) is 22.6 Å². The Morgan fingerprint density at radius 1 is 1.13 bits per heavy atom. The molecule has 7 heteroatoms. The Balaban J connectivity index is 1.41. The number of likely N-dealkylation sites (tertiary alicyclic amines) is 1. The van der Waals surface area contributed by atoms with Gasteiger partial charge in [-0.1, -0.05) is 42.5 Å². The molecule has 0 bridgehead atoms. The molecule has 2 aromatic rings. The number of amides is 2. The van der Waals surface area contributed by atoms with Gasteiger partial charge in [0, 0.05) is 19.1 Å². The third-order valence-corrected chi connectivity index (χ3v) is 5.17. The fourth-order valence-electron chi connectivity index (χ4n) is 3.52. The minimum absolute atomic E-state index is 0.0270. The quantitative estimate of drug-likeness (QED) is 0.765. The monoisotopic (exact) mass is 406 g/mol. The van der Waals surface area contributed by atoms with Crippen molar-refractivity contribution in [3.05, 3.63) is 71.3 Å². The summed E-state index contributed by atoms with van der Waals surface area (Å²) in [6.07, 6.45) is 1.25. The first-order chi connectivity index (χ1) is 14.5. The molecule has 3 N–H and O–H groups in total. The molecule has 0 spiro atoms. The molecule has 3 rings (SSSR count). The predicted octanol–water partition coefficient (Wildman–Crippen LogP) is 2.35. The number of piperidine rings is 1. The zero-order chi connectivity index (χ0) is 21.3. The SMILES string of the molecule is N#Cc1cccc(C[C@H](N)C(=O)N2CCC(NC(=O)OCc3ccccc3)CC2)c1. The second-order valence-corrected chi connectivity index (χ2v) is 7.43. The van der Waals surface area contributed by atoms with Crippen LogP contribution in [0.1, 0.15) is 29.5 Å². The Kier molecular flexibility index (Phi) is 7.41. The highest BCUT2D eigenvalue weighted by atomic mass is 16.5. The standard InChI is InChI=1S/C23H26N4O3/c24-15-19-8-4-7-18(13-19)14-21(25)22(28)27-11-9-20(10-12-27)26-23(29)30-16-17-5-2-1-3-6-17/h1-8,13,20-21H,9-12,14,16,25H2,(H,26,29)/t21-/m0/s1. The molecular weight excluding hydrogens is 380 g/mol. The minimum atomic E-state index is -0.653. The molecule has 30 heavy (non-hydrogen) atoms. The van der Waals surface area contributed by atoms with Gasteiger partial charge in [-0.2, -0.15) is 5.26 Å². The predicted molar refractivity (Wildman–Crippen MR) is 112 cm³/mol. The number of alkyl carbamates (subject to hydrolysis) is 1. The van der Waals surface area contributed by atoms with E-state index in [-0.39, 0.29) is 18.6 Å². The molecule has 0 radical (unpaired) electrons. The van der Waals surface area contributed by atoms with Crippen molar-refractivity contribution in [2.24, 2.45) is 5.73 Å². The molecule has 1 heterocycles. The van der Waals surface area contributed by atoms with Crippen LogP contribution in [0.4, 0.5) is 4.79 Å². The Labute approximate surface area is 176 Å². The van der Waals surface area contributed by atoms with Crippen molar-refractivity contribution in [3.8, 4) is 6.07 Å². The molecule has 1 aliphatic rings. The summed E-state index contributed by atoms with van der Waals surface area (Å²) in [5.41, 5.74) is 8.47. The van der Waals surface area contributed by atoms with E-state index in [1.807, 2.05) is 36.4 Å². The van der Waals surface area contributed by atoms with E-state index in [1.165, 1.54) is 0 Å². The van der Waals surface area contributed by atoms with Crippen LogP contribution < -0.4 is 11.1 Å². The van der Waals surface area contributed by atoms with Crippen molar-refractivity contribution in [1.82, 2.24) is 10.2 Å². The molecule has 1 saturated heterocycles. The summed E-state index contributed by atoms with van der Waals surface area (Å²) in [5.74, 6) is -0.109. The third kappa shape index (κ3) is 6.06. The maximum Gasteiger partial charge on any atom is 0.407 e. The molecule has 7 nitrogen and oxygen atoms in total. The number of carbonyl (C=O) groups is 2. The number of nitrogens with zero attached hydrogens (tertiary/aromatic N) is 2. The lowest BCUT2D eigenvalue weighted by Crippen LogP contribution is -2.51.